The Hall–Kier alpha value is -0.983. The minimum absolute atomic E-state index is 0.0803. The molecule has 0 N–H and O–H groups in total. The van der Waals surface area contributed by atoms with Gasteiger partial charge in [-0.1, -0.05) is 34.1 Å². The average Bonchev–Trinajstić information content (AvgIpc) is 2.63. The second-order valence-electron chi connectivity index (χ2n) is 8.35. The van der Waals surface area contributed by atoms with Crippen LogP contribution in [0.1, 0.15) is 59.8 Å². The van der Waals surface area contributed by atoms with E-state index >= 15 is 0 Å². The summed E-state index contributed by atoms with van der Waals surface area (Å²) in [5.74, 6) is -20.0. The molecule has 0 aromatic rings. The molecule has 0 aliphatic heterocycles. The van der Waals surface area contributed by atoms with E-state index in [0.717, 1.165) is 6.04 Å². The molecule has 3 nitrogen and oxygen atoms in total. The van der Waals surface area contributed by atoms with E-state index in [1.54, 1.807) is 7.11 Å². The van der Waals surface area contributed by atoms with Gasteiger partial charge >= 0.3 is 29.9 Å². The summed E-state index contributed by atoms with van der Waals surface area (Å²) < 4.78 is 125. The molecule has 0 atom stereocenters. The molecule has 192 valence electrons. The highest BCUT2D eigenvalue weighted by Gasteiger charge is 2.81. The van der Waals surface area contributed by atoms with E-state index in [2.05, 4.69) is 32.4 Å². The first-order chi connectivity index (χ1) is 14.3. The highest BCUT2D eigenvalue weighted by atomic mass is 28.4. The second kappa shape index (κ2) is 11.4. The fraction of sp³-hybridized carbons (Fsp3) is 0.947. The first-order valence-electron chi connectivity index (χ1n) is 10.2. The van der Waals surface area contributed by atoms with Gasteiger partial charge < -0.3 is 9.16 Å². The fourth-order valence-corrected chi connectivity index (χ4v) is 8.04. The molecule has 0 aromatic carbocycles. The number of ether oxygens (including phenoxy) is 1. The number of hydrogen-bond donors (Lipinski definition) is 0. The van der Waals surface area contributed by atoms with E-state index in [0.29, 0.717) is 23.9 Å². The zero-order valence-corrected chi connectivity index (χ0v) is 19.7. The van der Waals surface area contributed by atoms with Gasteiger partial charge in [0.25, 0.3) is 0 Å². The van der Waals surface area contributed by atoms with Crippen LogP contribution >= 0.6 is 0 Å². The predicted molar refractivity (Wildman–Crippen MR) is 103 cm³/mol. The van der Waals surface area contributed by atoms with Crippen molar-refractivity contribution in [3.63, 3.8) is 0 Å². The smallest absolute Gasteiger partial charge is 0.460 e. The summed E-state index contributed by atoms with van der Waals surface area (Å²) in [4.78, 5) is 11.7. The molecule has 0 unspecified atom stereocenters. The minimum atomic E-state index is -6.91. The normalized spacial score (nSPS) is 14.4. The number of rotatable bonds is 14. The maximum Gasteiger partial charge on any atom is 0.460 e. The molecule has 0 aliphatic rings. The number of unbranched alkanes of at least 4 members (excludes halogenated alkanes) is 1. The Morgan fingerprint density at radius 3 is 1.72 bits per heavy atom. The monoisotopic (exact) mass is 506 g/mol. The van der Waals surface area contributed by atoms with Crippen LogP contribution in [0.2, 0.25) is 17.1 Å². The Morgan fingerprint density at radius 2 is 1.31 bits per heavy atom. The lowest BCUT2D eigenvalue weighted by atomic mass is 10.00. The lowest BCUT2D eigenvalue weighted by Crippen LogP contribution is -2.60. The van der Waals surface area contributed by atoms with E-state index in [1.165, 1.54) is 0 Å². The first kappa shape index (κ1) is 31.0. The molecule has 0 amide bonds. The van der Waals surface area contributed by atoms with Crippen LogP contribution in [0, 0.1) is 0 Å². The molecular weight excluding hydrogens is 475 g/mol. The van der Waals surface area contributed by atoms with Crippen LogP contribution in [-0.4, -0.2) is 51.9 Å². The summed E-state index contributed by atoms with van der Waals surface area (Å²) in [6.45, 7) is 7.44. The third kappa shape index (κ3) is 7.01. The Kier molecular flexibility index (Phi) is 11.1. The summed E-state index contributed by atoms with van der Waals surface area (Å²) in [6, 6.07) is 0.779. The molecule has 0 bridgehead atoms. The van der Waals surface area contributed by atoms with Crippen LogP contribution in [0.3, 0.4) is 0 Å². The maximum absolute atomic E-state index is 13.4. The van der Waals surface area contributed by atoms with Crippen LogP contribution in [0.5, 0.6) is 0 Å². The standard InChI is InChI=1S/C19H31F9O3Si/c1-13(2)32(30-5,14(3)4)12-7-6-9-15(29)31-11-8-10-16(20,21)17(22,23)18(24,25)19(26,27)28/h13-14H,6-12H2,1-5H3. The third-order valence-electron chi connectivity index (χ3n) is 5.64. The van der Waals surface area contributed by atoms with Gasteiger partial charge in [0.2, 0.25) is 0 Å². The van der Waals surface area contributed by atoms with Crippen molar-refractivity contribution >= 4 is 14.3 Å². The van der Waals surface area contributed by atoms with Crippen molar-refractivity contribution < 1.29 is 53.5 Å². The molecule has 0 saturated heterocycles. The molecule has 0 radical (unpaired) electrons. The van der Waals surface area contributed by atoms with E-state index in [1.807, 2.05) is 0 Å². The zero-order chi connectivity index (χ0) is 25.6. The van der Waals surface area contributed by atoms with Gasteiger partial charge in [-0.25, -0.2) is 0 Å². The van der Waals surface area contributed by atoms with Gasteiger partial charge in [0.15, 0.2) is 8.32 Å². The van der Waals surface area contributed by atoms with Crippen LogP contribution < -0.4 is 0 Å². The van der Waals surface area contributed by atoms with Crippen molar-refractivity contribution in [2.24, 2.45) is 0 Å². The van der Waals surface area contributed by atoms with Gasteiger partial charge in [0, 0.05) is 20.0 Å². The molecule has 0 rings (SSSR count). The molecular formula is C19H31F9O3Si. The summed E-state index contributed by atoms with van der Waals surface area (Å²) in [7, 11) is -0.386. The van der Waals surface area contributed by atoms with Crippen molar-refractivity contribution in [1.82, 2.24) is 0 Å². The number of hydrogen-bond acceptors (Lipinski definition) is 3. The molecule has 13 heteroatoms. The van der Waals surface area contributed by atoms with Crippen molar-refractivity contribution in [2.75, 3.05) is 13.7 Å². The molecule has 0 spiro atoms. The van der Waals surface area contributed by atoms with Crippen molar-refractivity contribution in [3.8, 4) is 0 Å². The van der Waals surface area contributed by atoms with Crippen molar-refractivity contribution in [2.45, 2.75) is 101 Å². The Morgan fingerprint density at radius 1 is 0.812 bits per heavy atom. The maximum atomic E-state index is 13.4. The highest BCUT2D eigenvalue weighted by molar-refractivity contribution is 6.76. The number of halogens is 9. The fourth-order valence-electron chi connectivity index (χ4n) is 3.61. The van der Waals surface area contributed by atoms with Crippen LogP contribution in [-0.2, 0) is 14.0 Å². The van der Waals surface area contributed by atoms with Gasteiger partial charge in [-0.2, -0.15) is 39.5 Å². The quantitative estimate of drug-likeness (QED) is 0.107. The van der Waals surface area contributed by atoms with E-state index in [-0.39, 0.29) is 6.42 Å². The lowest BCUT2D eigenvalue weighted by Gasteiger charge is -2.37. The van der Waals surface area contributed by atoms with Crippen LogP contribution in [0.15, 0.2) is 0 Å². The van der Waals surface area contributed by atoms with E-state index < -0.39 is 57.7 Å². The Bertz CT molecular complexity index is 585. The molecule has 0 aromatic heterocycles. The molecule has 0 fully saturated rings. The van der Waals surface area contributed by atoms with Gasteiger partial charge in [-0.15, -0.1) is 0 Å². The number of alkyl halides is 9. The summed E-state index contributed by atoms with van der Waals surface area (Å²) >= 11 is 0. The molecule has 0 heterocycles. The Labute approximate surface area is 183 Å². The lowest BCUT2D eigenvalue weighted by molar-refractivity contribution is -0.396. The van der Waals surface area contributed by atoms with Gasteiger partial charge in [0.1, 0.15) is 0 Å². The number of carbonyl (C=O) groups excluding carboxylic acids is 1. The minimum Gasteiger partial charge on any atom is -0.466 e. The van der Waals surface area contributed by atoms with Crippen LogP contribution in [0.4, 0.5) is 39.5 Å². The largest absolute Gasteiger partial charge is 0.466 e. The highest BCUT2D eigenvalue weighted by Crippen LogP contribution is 2.54. The zero-order valence-electron chi connectivity index (χ0n) is 18.7. The average molecular weight is 507 g/mol. The number of carbonyl (C=O) groups is 1. The third-order valence-corrected chi connectivity index (χ3v) is 11.4. The van der Waals surface area contributed by atoms with E-state index in [9.17, 15) is 44.3 Å². The molecule has 0 aliphatic carbocycles. The van der Waals surface area contributed by atoms with Crippen molar-refractivity contribution in [1.29, 1.82) is 0 Å². The van der Waals surface area contributed by atoms with Gasteiger partial charge in [-0.05, 0) is 30.0 Å². The summed E-state index contributed by atoms with van der Waals surface area (Å²) in [5, 5.41) is 0. The van der Waals surface area contributed by atoms with Crippen LogP contribution in [0.25, 0.3) is 0 Å². The van der Waals surface area contributed by atoms with Crippen molar-refractivity contribution in [3.05, 3.63) is 0 Å². The van der Waals surface area contributed by atoms with Gasteiger partial charge in [-0.3, -0.25) is 4.79 Å². The number of esters is 1. The second-order valence-corrected chi connectivity index (χ2v) is 13.5. The Balaban J connectivity index is 4.54. The summed E-state index contributed by atoms with van der Waals surface area (Å²) in [5.41, 5.74) is 0.674. The van der Waals surface area contributed by atoms with Gasteiger partial charge in [0.05, 0.1) is 6.61 Å². The topological polar surface area (TPSA) is 35.5 Å². The molecule has 0 saturated carbocycles. The first-order valence-corrected chi connectivity index (χ1v) is 12.5. The SMILES string of the molecule is CO[Si](CCCCC(=O)OCCCC(F)(F)C(F)(F)C(F)(F)C(F)(F)F)(C(C)C)C(C)C. The predicted octanol–water partition coefficient (Wildman–Crippen LogP) is 7.36. The van der Waals surface area contributed by atoms with E-state index in [4.69, 9.17) is 4.43 Å². The molecule has 32 heavy (non-hydrogen) atoms. The summed E-state index contributed by atoms with van der Waals surface area (Å²) in [6.07, 6.45) is -8.90.